The Morgan fingerprint density at radius 2 is 1.83 bits per heavy atom. The maximum absolute atomic E-state index is 5.43. The highest BCUT2D eigenvalue weighted by molar-refractivity contribution is 5.85. The lowest BCUT2D eigenvalue weighted by Gasteiger charge is -2.28. The smallest absolute Gasteiger partial charge is 0.133 e. The van der Waals surface area contributed by atoms with E-state index in [1.807, 2.05) is 54.5 Å². The van der Waals surface area contributed by atoms with E-state index >= 15 is 0 Å². The molecule has 0 amide bonds. The first-order valence-corrected chi connectivity index (χ1v) is 9.71. The Hall–Kier alpha value is -3.45. The fourth-order valence-corrected chi connectivity index (χ4v) is 3.61. The topological polar surface area (TPSA) is 68.1 Å². The molecule has 1 N–H and O–H groups in total. The van der Waals surface area contributed by atoms with E-state index in [-0.39, 0.29) is 0 Å². The van der Waals surface area contributed by atoms with E-state index in [9.17, 15) is 0 Å². The van der Waals surface area contributed by atoms with Crippen molar-refractivity contribution in [1.82, 2.24) is 19.7 Å². The molecule has 4 aromatic rings. The van der Waals surface area contributed by atoms with Crippen LogP contribution >= 0.6 is 0 Å². The average Bonchev–Trinajstić information content (AvgIpc) is 3.15. The molecule has 1 fully saturated rings. The van der Waals surface area contributed by atoms with Gasteiger partial charge in [-0.2, -0.15) is 5.10 Å². The summed E-state index contributed by atoms with van der Waals surface area (Å²) in [6, 6.07) is 16.4. The van der Waals surface area contributed by atoms with Gasteiger partial charge in [-0.05, 0) is 47.5 Å². The Kier molecular flexibility index (Phi) is 4.57. The second kappa shape index (κ2) is 7.52. The minimum atomic E-state index is 0.740. The number of aromatic nitrogens is 4. The Bertz CT molecular complexity index is 1150. The van der Waals surface area contributed by atoms with E-state index in [4.69, 9.17) is 9.72 Å². The van der Waals surface area contributed by atoms with Crippen LogP contribution in [0.3, 0.4) is 0 Å². The van der Waals surface area contributed by atoms with Gasteiger partial charge in [-0.25, -0.2) is 9.97 Å². The fraction of sp³-hybridized carbons (Fsp3) is 0.227. The molecular formula is C22H22N6O. The average molecular weight is 386 g/mol. The highest BCUT2D eigenvalue weighted by Gasteiger charge is 2.13. The van der Waals surface area contributed by atoms with Gasteiger partial charge in [0.1, 0.15) is 17.5 Å². The van der Waals surface area contributed by atoms with Crippen LogP contribution in [-0.2, 0) is 11.8 Å². The predicted octanol–water partition coefficient (Wildman–Crippen LogP) is 3.61. The molecule has 7 nitrogen and oxygen atoms in total. The number of hydrogen-bond donors (Lipinski definition) is 1. The summed E-state index contributed by atoms with van der Waals surface area (Å²) < 4.78 is 7.31. The third kappa shape index (κ3) is 3.64. The summed E-state index contributed by atoms with van der Waals surface area (Å²) >= 11 is 0. The minimum absolute atomic E-state index is 0.740. The standard InChI is InChI=1S/C22H22N6O/c1-27-19-6-5-16(13-18(19)15-24-27)17-7-8-23-21(14-17)25-20-3-2-4-22(26-20)28-9-11-29-12-10-28/h2-8,13-15H,9-12H2,1H3,(H,23,25,26). The quantitative estimate of drug-likeness (QED) is 0.578. The van der Waals surface area contributed by atoms with Crippen molar-refractivity contribution in [3.63, 3.8) is 0 Å². The summed E-state index contributed by atoms with van der Waals surface area (Å²) in [4.78, 5) is 11.5. The molecular weight excluding hydrogens is 364 g/mol. The Morgan fingerprint density at radius 1 is 0.966 bits per heavy atom. The molecule has 1 aliphatic rings. The number of nitrogens with zero attached hydrogens (tertiary/aromatic N) is 5. The van der Waals surface area contributed by atoms with Gasteiger partial charge in [0.15, 0.2) is 0 Å². The van der Waals surface area contributed by atoms with Gasteiger partial charge < -0.3 is 15.0 Å². The van der Waals surface area contributed by atoms with Crippen molar-refractivity contribution in [3.05, 3.63) is 60.9 Å². The summed E-state index contributed by atoms with van der Waals surface area (Å²) in [7, 11) is 1.95. The van der Waals surface area contributed by atoms with E-state index in [2.05, 4.69) is 38.5 Å². The molecule has 1 aromatic carbocycles. The normalized spacial score (nSPS) is 14.3. The van der Waals surface area contributed by atoms with Gasteiger partial charge in [-0.3, -0.25) is 4.68 Å². The van der Waals surface area contributed by atoms with Crippen LogP contribution in [-0.4, -0.2) is 46.1 Å². The summed E-state index contributed by atoms with van der Waals surface area (Å²) in [5.41, 5.74) is 3.34. The highest BCUT2D eigenvalue weighted by atomic mass is 16.5. The largest absolute Gasteiger partial charge is 0.378 e. The molecule has 4 heterocycles. The van der Waals surface area contributed by atoms with Crippen LogP contribution in [0.2, 0.25) is 0 Å². The van der Waals surface area contributed by atoms with Crippen molar-refractivity contribution in [2.75, 3.05) is 36.5 Å². The van der Waals surface area contributed by atoms with E-state index in [0.717, 1.165) is 65.8 Å². The third-order valence-corrected chi connectivity index (χ3v) is 5.17. The predicted molar refractivity (Wildman–Crippen MR) is 114 cm³/mol. The van der Waals surface area contributed by atoms with Crippen molar-refractivity contribution in [2.24, 2.45) is 7.05 Å². The van der Waals surface area contributed by atoms with E-state index in [1.54, 1.807) is 0 Å². The van der Waals surface area contributed by atoms with Crippen LogP contribution in [0.4, 0.5) is 17.5 Å². The molecule has 0 unspecified atom stereocenters. The molecule has 0 spiro atoms. The molecule has 0 radical (unpaired) electrons. The first kappa shape index (κ1) is 17.6. The molecule has 0 aliphatic carbocycles. The number of aryl methyl sites for hydroxylation is 1. The number of anilines is 3. The van der Waals surface area contributed by atoms with Gasteiger partial charge in [0.25, 0.3) is 0 Å². The SMILES string of the molecule is Cn1ncc2cc(-c3ccnc(Nc4cccc(N5CCOCC5)n4)c3)ccc21. The summed E-state index contributed by atoms with van der Waals surface area (Å²) in [5.74, 6) is 2.50. The summed E-state index contributed by atoms with van der Waals surface area (Å²) in [5, 5.41) is 8.78. The lowest BCUT2D eigenvalue weighted by atomic mass is 10.1. The van der Waals surface area contributed by atoms with Crippen LogP contribution in [0, 0.1) is 0 Å². The second-order valence-corrected chi connectivity index (χ2v) is 7.08. The third-order valence-electron chi connectivity index (χ3n) is 5.17. The number of benzene rings is 1. The van der Waals surface area contributed by atoms with Gasteiger partial charge >= 0.3 is 0 Å². The molecule has 0 bridgehead atoms. The van der Waals surface area contributed by atoms with Gasteiger partial charge in [-0.1, -0.05) is 12.1 Å². The zero-order chi connectivity index (χ0) is 19.6. The van der Waals surface area contributed by atoms with Gasteiger partial charge in [0, 0.05) is 31.7 Å². The zero-order valence-electron chi connectivity index (χ0n) is 16.2. The number of rotatable bonds is 4. The maximum Gasteiger partial charge on any atom is 0.133 e. The van der Waals surface area contributed by atoms with E-state index < -0.39 is 0 Å². The lowest BCUT2D eigenvalue weighted by Crippen LogP contribution is -2.36. The first-order chi connectivity index (χ1) is 14.3. The minimum Gasteiger partial charge on any atom is -0.378 e. The van der Waals surface area contributed by atoms with Gasteiger partial charge in [0.2, 0.25) is 0 Å². The Balaban J connectivity index is 1.39. The molecule has 146 valence electrons. The first-order valence-electron chi connectivity index (χ1n) is 9.71. The zero-order valence-corrected chi connectivity index (χ0v) is 16.2. The van der Waals surface area contributed by atoms with Crippen molar-refractivity contribution in [2.45, 2.75) is 0 Å². The molecule has 3 aromatic heterocycles. The summed E-state index contributed by atoms with van der Waals surface area (Å²) in [6.07, 6.45) is 3.71. The fourth-order valence-electron chi connectivity index (χ4n) is 3.61. The lowest BCUT2D eigenvalue weighted by molar-refractivity contribution is 0.122. The molecule has 29 heavy (non-hydrogen) atoms. The van der Waals surface area contributed by atoms with Crippen molar-refractivity contribution in [1.29, 1.82) is 0 Å². The monoisotopic (exact) mass is 386 g/mol. The number of ether oxygens (including phenoxy) is 1. The van der Waals surface area contributed by atoms with Crippen LogP contribution in [0.5, 0.6) is 0 Å². The number of pyridine rings is 2. The highest BCUT2D eigenvalue weighted by Crippen LogP contribution is 2.26. The van der Waals surface area contributed by atoms with E-state index in [0.29, 0.717) is 0 Å². The molecule has 1 saturated heterocycles. The van der Waals surface area contributed by atoms with Gasteiger partial charge in [-0.15, -0.1) is 0 Å². The number of hydrogen-bond acceptors (Lipinski definition) is 6. The summed E-state index contributed by atoms with van der Waals surface area (Å²) in [6.45, 7) is 3.20. The Labute approximate surface area is 169 Å². The molecule has 5 rings (SSSR count). The van der Waals surface area contributed by atoms with Crippen LogP contribution < -0.4 is 10.2 Å². The van der Waals surface area contributed by atoms with Crippen LogP contribution in [0.15, 0.2) is 60.9 Å². The van der Waals surface area contributed by atoms with Crippen molar-refractivity contribution < 1.29 is 4.74 Å². The Morgan fingerprint density at radius 3 is 2.72 bits per heavy atom. The number of nitrogens with one attached hydrogen (secondary N) is 1. The molecule has 1 aliphatic heterocycles. The van der Waals surface area contributed by atoms with Crippen molar-refractivity contribution >= 4 is 28.4 Å². The van der Waals surface area contributed by atoms with E-state index in [1.165, 1.54) is 0 Å². The number of morpholine rings is 1. The maximum atomic E-state index is 5.43. The second-order valence-electron chi connectivity index (χ2n) is 7.08. The number of fused-ring (bicyclic) bond motifs is 1. The van der Waals surface area contributed by atoms with Crippen molar-refractivity contribution in [3.8, 4) is 11.1 Å². The molecule has 0 saturated carbocycles. The van der Waals surface area contributed by atoms with Crippen LogP contribution in [0.1, 0.15) is 0 Å². The molecule has 0 atom stereocenters. The van der Waals surface area contributed by atoms with Crippen LogP contribution in [0.25, 0.3) is 22.0 Å². The van der Waals surface area contributed by atoms with Gasteiger partial charge in [0.05, 0.1) is 24.9 Å². The molecule has 7 heteroatoms.